The van der Waals surface area contributed by atoms with Gasteiger partial charge in [0.25, 0.3) is 0 Å². The van der Waals surface area contributed by atoms with Gasteiger partial charge in [0.1, 0.15) is 6.04 Å². The van der Waals surface area contributed by atoms with E-state index in [1.165, 1.54) is 0 Å². The fraction of sp³-hybridized carbons (Fsp3) is 0.459. The molecule has 2 N–H and O–H groups in total. The van der Waals surface area contributed by atoms with Crippen LogP contribution in [0.2, 0.25) is 0 Å². The first-order valence-corrected chi connectivity index (χ1v) is 16.8. The number of carbonyl (C=O) groups is 2. The topological polar surface area (TPSA) is 101 Å². The van der Waals surface area contributed by atoms with E-state index in [4.69, 9.17) is 14.2 Å². The molecule has 0 saturated carbocycles. The number of aliphatic hydroxyl groups excluding tert-OH is 1. The molecule has 0 aliphatic carbocycles. The molecule has 3 aliphatic rings. The molecule has 0 bridgehead atoms. The Morgan fingerprint density at radius 1 is 0.898 bits per heavy atom. The van der Waals surface area contributed by atoms with E-state index >= 15 is 0 Å². The summed E-state index contributed by atoms with van der Waals surface area (Å²) in [6.45, 7) is 5.91. The average molecular weight is 682 g/mol. The number of aliphatic hydroxyl groups is 1. The minimum absolute atomic E-state index is 0.0325. The normalized spacial score (nSPS) is 24.9. The first-order chi connectivity index (χ1) is 23.6. The standard InChI is InChI=1S/C37H42F3N3O6/c1-24-32(22-42-15-17-47-18-16-42)48-35(49-33(24)27-12-10-25(23-44)11-13-27)30-8-3-7-29(20-30)28-6-2-5-26(19-28)21-41-34(45)31-9-4-14-43(31)36(46)37(38,39)40/h2-3,5-8,10-13,19-20,24,31-33,35,44H,4,9,14-18,21-23H2,1H3,(H,41,45). The highest BCUT2D eigenvalue weighted by Crippen LogP contribution is 2.42. The summed E-state index contributed by atoms with van der Waals surface area (Å²) in [6.07, 6.45) is -5.49. The van der Waals surface area contributed by atoms with Crippen LogP contribution in [-0.4, -0.2) is 84.4 Å². The van der Waals surface area contributed by atoms with Crippen molar-refractivity contribution in [1.82, 2.24) is 15.1 Å². The lowest BCUT2D eigenvalue weighted by molar-refractivity contribution is -0.277. The summed E-state index contributed by atoms with van der Waals surface area (Å²) in [7, 11) is 0. The van der Waals surface area contributed by atoms with Crippen LogP contribution in [0.3, 0.4) is 0 Å². The summed E-state index contributed by atoms with van der Waals surface area (Å²) in [4.78, 5) is 27.7. The summed E-state index contributed by atoms with van der Waals surface area (Å²) >= 11 is 0. The van der Waals surface area contributed by atoms with Crippen molar-refractivity contribution in [2.45, 2.75) is 63.6 Å². The second kappa shape index (κ2) is 15.4. The number of alkyl halides is 3. The minimum Gasteiger partial charge on any atom is -0.392 e. The Labute approximate surface area is 283 Å². The third-order valence-electron chi connectivity index (χ3n) is 9.61. The zero-order valence-corrected chi connectivity index (χ0v) is 27.4. The van der Waals surface area contributed by atoms with Gasteiger partial charge in [-0.25, -0.2) is 0 Å². The summed E-state index contributed by atoms with van der Waals surface area (Å²) in [6, 6.07) is 22.2. The molecule has 3 aromatic rings. The Morgan fingerprint density at radius 3 is 2.33 bits per heavy atom. The molecule has 0 radical (unpaired) electrons. The van der Waals surface area contributed by atoms with Gasteiger partial charge >= 0.3 is 12.1 Å². The third kappa shape index (κ3) is 8.33. The Kier molecular flexibility index (Phi) is 11.0. The van der Waals surface area contributed by atoms with E-state index < -0.39 is 30.3 Å². The molecule has 3 heterocycles. The summed E-state index contributed by atoms with van der Waals surface area (Å²) in [5.41, 5.74) is 5.24. The maximum absolute atomic E-state index is 13.0. The molecule has 6 rings (SSSR count). The fourth-order valence-electron chi connectivity index (χ4n) is 6.84. The lowest BCUT2D eigenvalue weighted by Crippen LogP contribution is -2.50. The molecule has 3 fully saturated rings. The van der Waals surface area contributed by atoms with Gasteiger partial charge in [0.2, 0.25) is 5.91 Å². The molecular formula is C37H42F3N3O6. The van der Waals surface area contributed by atoms with Gasteiger partial charge in [0.05, 0.1) is 32.0 Å². The monoisotopic (exact) mass is 681 g/mol. The Morgan fingerprint density at radius 2 is 1.61 bits per heavy atom. The zero-order valence-electron chi connectivity index (χ0n) is 27.4. The summed E-state index contributed by atoms with van der Waals surface area (Å²) < 4.78 is 58.0. The number of amides is 2. The number of morpholine rings is 1. The van der Waals surface area contributed by atoms with Gasteiger partial charge in [-0.05, 0) is 52.8 Å². The summed E-state index contributed by atoms with van der Waals surface area (Å²) in [5, 5.41) is 12.3. The third-order valence-corrected chi connectivity index (χ3v) is 9.61. The van der Waals surface area contributed by atoms with Crippen molar-refractivity contribution in [2.24, 2.45) is 5.92 Å². The van der Waals surface area contributed by atoms with Crippen molar-refractivity contribution in [1.29, 1.82) is 0 Å². The Balaban J connectivity index is 1.18. The van der Waals surface area contributed by atoms with Crippen LogP contribution in [0.4, 0.5) is 13.2 Å². The lowest BCUT2D eigenvalue weighted by atomic mass is 9.89. The van der Waals surface area contributed by atoms with Crippen LogP contribution in [0.1, 0.15) is 54.4 Å². The van der Waals surface area contributed by atoms with E-state index in [9.17, 15) is 27.9 Å². The molecule has 5 unspecified atom stereocenters. The zero-order chi connectivity index (χ0) is 34.5. The predicted molar refractivity (Wildman–Crippen MR) is 175 cm³/mol. The van der Waals surface area contributed by atoms with Crippen molar-refractivity contribution < 1.29 is 42.1 Å². The second-order valence-corrected chi connectivity index (χ2v) is 12.9. The maximum Gasteiger partial charge on any atom is 0.471 e. The molecule has 9 nitrogen and oxygen atoms in total. The molecule has 0 spiro atoms. The van der Waals surface area contributed by atoms with E-state index in [-0.39, 0.29) is 44.2 Å². The van der Waals surface area contributed by atoms with Crippen molar-refractivity contribution in [3.63, 3.8) is 0 Å². The maximum atomic E-state index is 13.0. The van der Waals surface area contributed by atoms with Crippen LogP contribution in [0.25, 0.3) is 11.1 Å². The Bertz CT molecular complexity index is 1600. The number of carbonyl (C=O) groups excluding carboxylic acids is 2. The minimum atomic E-state index is -5.02. The number of nitrogens with zero attached hydrogens (tertiary/aromatic N) is 2. The Hall–Kier alpha value is -3.81. The van der Waals surface area contributed by atoms with Crippen LogP contribution in [0, 0.1) is 5.92 Å². The first-order valence-electron chi connectivity index (χ1n) is 16.8. The van der Waals surface area contributed by atoms with E-state index in [0.717, 1.165) is 53.0 Å². The molecule has 49 heavy (non-hydrogen) atoms. The van der Waals surface area contributed by atoms with Gasteiger partial charge in [-0.3, -0.25) is 14.5 Å². The van der Waals surface area contributed by atoms with Gasteiger partial charge in [0, 0.05) is 44.2 Å². The average Bonchev–Trinajstić information content (AvgIpc) is 3.61. The molecule has 5 atom stereocenters. The van der Waals surface area contributed by atoms with Gasteiger partial charge in [0.15, 0.2) is 6.29 Å². The number of hydrogen-bond donors (Lipinski definition) is 2. The van der Waals surface area contributed by atoms with Crippen LogP contribution in [0.15, 0.2) is 72.8 Å². The van der Waals surface area contributed by atoms with E-state index in [1.807, 2.05) is 72.8 Å². The van der Waals surface area contributed by atoms with Gasteiger partial charge in [-0.2, -0.15) is 13.2 Å². The smallest absolute Gasteiger partial charge is 0.392 e. The molecule has 3 saturated heterocycles. The number of ether oxygens (including phenoxy) is 3. The van der Waals surface area contributed by atoms with Crippen molar-refractivity contribution >= 4 is 11.8 Å². The lowest BCUT2D eigenvalue weighted by Gasteiger charge is -2.43. The molecule has 0 aromatic heterocycles. The van der Waals surface area contributed by atoms with Gasteiger partial charge in [-0.1, -0.05) is 67.6 Å². The van der Waals surface area contributed by atoms with Crippen LogP contribution in [0.5, 0.6) is 0 Å². The van der Waals surface area contributed by atoms with Crippen molar-refractivity contribution in [2.75, 3.05) is 39.4 Å². The summed E-state index contributed by atoms with van der Waals surface area (Å²) in [5.74, 6) is -2.53. The van der Waals surface area contributed by atoms with Crippen molar-refractivity contribution in [3.8, 4) is 11.1 Å². The highest BCUT2D eigenvalue weighted by molar-refractivity contribution is 5.90. The van der Waals surface area contributed by atoms with Crippen LogP contribution in [-0.2, 0) is 37.0 Å². The van der Waals surface area contributed by atoms with Crippen molar-refractivity contribution in [3.05, 3.63) is 95.1 Å². The van der Waals surface area contributed by atoms with Gasteiger partial charge < -0.3 is 29.5 Å². The van der Waals surface area contributed by atoms with Gasteiger partial charge in [-0.15, -0.1) is 0 Å². The fourth-order valence-corrected chi connectivity index (χ4v) is 6.84. The quantitative estimate of drug-likeness (QED) is 0.323. The number of benzene rings is 3. The number of rotatable bonds is 9. The highest BCUT2D eigenvalue weighted by Gasteiger charge is 2.47. The molecule has 12 heteroatoms. The first kappa shape index (κ1) is 35.0. The largest absolute Gasteiger partial charge is 0.471 e. The van der Waals surface area contributed by atoms with E-state index in [2.05, 4.69) is 17.1 Å². The molecular weight excluding hydrogens is 639 g/mol. The molecule has 3 aliphatic heterocycles. The SMILES string of the molecule is CC1C(CN2CCOCC2)OC(c2cccc(-c3cccc(CNC(=O)C4CCCN4C(=O)C(F)(F)F)c3)c2)OC1c1ccc(CO)cc1. The van der Waals surface area contributed by atoms with E-state index in [1.54, 1.807) is 0 Å². The number of nitrogens with one attached hydrogen (secondary N) is 1. The highest BCUT2D eigenvalue weighted by atomic mass is 19.4. The molecule has 2 amide bonds. The predicted octanol–water partition coefficient (Wildman–Crippen LogP) is 5.14. The molecule has 3 aromatic carbocycles. The number of halogens is 3. The van der Waals surface area contributed by atoms with Crippen LogP contribution >= 0.6 is 0 Å². The number of hydrogen-bond acceptors (Lipinski definition) is 7. The molecule has 262 valence electrons. The van der Waals surface area contributed by atoms with Crippen LogP contribution < -0.4 is 5.32 Å². The second-order valence-electron chi connectivity index (χ2n) is 12.9. The van der Waals surface area contributed by atoms with E-state index in [0.29, 0.717) is 24.5 Å². The number of likely N-dealkylation sites (tertiary alicyclic amines) is 1.